The van der Waals surface area contributed by atoms with E-state index in [2.05, 4.69) is 10.3 Å². The summed E-state index contributed by atoms with van der Waals surface area (Å²) in [6.45, 7) is 0.216. The van der Waals surface area contributed by atoms with Crippen LogP contribution in [0.4, 0.5) is 0 Å². The van der Waals surface area contributed by atoms with Gasteiger partial charge in [0.05, 0.1) is 5.36 Å². The average molecular weight is 160 g/mol. The standard InChI is InChI=1S/C9H8N2O/c12-9-6-10-8-4-2-1-3-7(8)5-11-9/h1-5H,6H2,(H,11,12). The SMILES string of the molecule is O=C1CN=c2ccccc2=CN1. The quantitative estimate of drug-likeness (QED) is 0.529. The molecule has 12 heavy (non-hydrogen) atoms. The molecule has 3 nitrogen and oxygen atoms in total. The van der Waals surface area contributed by atoms with Gasteiger partial charge in [-0.1, -0.05) is 18.2 Å². The van der Waals surface area contributed by atoms with Gasteiger partial charge in [0.15, 0.2) is 0 Å². The first-order valence-electron chi connectivity index (χ1n) is 3.75. The van der Waals surface area contributed by atoms with Crippen molar-refractivity contribution in [1.82, 2.24) is 5.32 Å². The second-order valence-corrected chi connectivity index (χ2v) is 2.59. The molecule has 1 aromatic carbocycles. The molecule has 0 saturated heterocycles. The molecule has 1 amide bonds. The number of fused-ring (bicyclic) bond motifs is 1. The first-order chi connectivity index (χ1) is 5.86. The number of para-hydroxylation sites is 1. The monoisotopic (exact) mass is 160 g/mol. The molecule has 1 heterocycles. The van der Waals surface area contributed by atoms with E-state index in [0.29, 0.717) is 0 Å². The number of carbonyl (C=O) groups excluding carboxylic acids is 1. The topological polar surface area (TPSA) is 41.5 Å². The smallest absolute Gasteiger partial charge is 0.245 e. The Labute approximate surface area is 69.4 Å². The van der Waals surface area contributed by atoms with Gasteiger partial charge in [-0.05, 0) is 6.07 Å². The predicted octanol–water partition coefficient (Wildman–Crippen LogP) is -0.826. The van der Waals surface area contributed by atoms with E-state index in [0.717, 1.165) is 10.6 Å². The molecule has 1 aliphatic rings. The van der Waals surface area contributed by atoms with Crippen LogP contribution >= 0.6 is 0 Å². The number of hydrogen-bond donors (Lipinski definition) is 1. The van der Waals surface area contributed by atoms with Gasteiger partial charge in [-0.3, -0.25) is 9.79 Å². The fourth-order valence-electron chi connectivity index (χ4n) is 1.11. The highest BCUT2D eigenvalue weighted by atomic mass is 16.1. The van der Waals surface area contributed by atoms with Crippen LogP contribution in [0.2, 0.25) is 0 Å². The summed E-state index contributed by atoms with van der Waals surface area (Å²) in [5.41, 5.74) is 0. The van der Waals surface area contributed by atoms with E-state index in [-0.39, 0.29) is 12.5 Å². The number of hydrogen-bond acceptors (Lipinski definition) is 2. The van der Waals surface area contributed by atoms with Crippen LogP contribution in [-0.2, 0) is 4.79 Å². The van der Waals surface area contributed by atoms with E-state index in [1.54, 1.807) is 6.20 Å². The molecule has 0 atom stereocenters. The minimum atomic E-state index is -0.0637. The molecule has 0 fully saturated rings. The Bertz CT molecular complexity index is 383. The molecule has 0 saturated carbocycles. The predicted molar refractivity (Wildman–Crippen MR) is 44.7 cm³/mol. The summed E-state index contributed by atoms with van der Waals surface area (Å²) in [7, 11) is 0. The van der Waals surface area contributed by atoms with E-state index < -0.39 is 0 Å². The zero-order valence-corrected chi connectivity index (χ0v) is 6.45. The maximum Gasteiger partial charge on any atom is 0.245 e. The minimum Gasteiger partial charge on any atom is -0.330 e. The van der Waals surface area contributed by atoms with Gasteiger partial charge in [0.1, 0.15) is 6.54 Å². The summed E-state index contributed by atoms with van der Waals surface area (Å²) in [4.78, 5) is 15.0. The van der Waals surface area contributed by atoms with Gasteiger partial charge >= 0.3 is 0 Å². The highest BCUT2D eigenvalue weighted by molar-refractivity contribution is 5.82. The van der Waals surface area contributed by atoms with Crippen LogP contribution in [0, 0.1) is 0 Å². The number of amides is 1. The highest BCUT2D eigenvalue weighted by Crippen LogP contribution is 1.76. The Morgan fingerprint density at radius 3 is 3.08 bits per heavy atom. The molecular weight excluding hydrogens is 152 g/mol. The summed E-state index contributed by atoms with van der Waals surface area (Å²) in [5, 5.41) is 4.48. The number of rotatable bonds is 0. The van der Waals surface area contributed by atoms with Gasteiger partial charge in [-0.2, -0.15) is 0 Å². The zero-order valence-electron chi connectivity index (χ0n) is 6.45. The molecular formula is C9H8N2O. The first kappa shape index (κ1) is 7.03. The van der Waals surface area contributed by atoms with Gasteiger partial charge in [-0.25, -0.2) is 0 Å². The zero-order chi connectivity index (χ0) is 8.39. The molecule has 0 aliphatic carbocycles. The van der Waals surface area contributed by atoms with Crippen molar-refractivity contribution in [3.63, 3.8) is 0 Å². The Kier molecular flexibility index (Phi) is 1.63. The van der Waals surface area contributed by atoms with Crippen LogP contribution in [0.25, 0.3) is 6.20 Å². The van der Waals surface area contributed by atoms with Crippen molar-refractivity contribution >= 4 is 12.1 Å². The Morgan fingerprint density at radius 2 is 2.17 bits per heavy atom. The van der Waals surface area contributed by atoms with Crippen LogP contribution < -0.4 is 15.9 Å². The molecule has 3 heteroatoms. The van der Waals surface area contributed by atoms with Crippen molar-refractivity contribution in [3.05, 3.63) is 34.8 Å². The summed E-state index contributed by atoms with van der Waals surface area (Å²) >= 11 is 0. The maximum atomic E-state index is 10.9. The Morgan fingerprint density at radius 1 is 1.33 bits per heavy atom. The van der Waals surface area contributed by atoms with Crippen LogP contribution in [0.1, 0.15) is 0 Å². The average Bonchev–Trinajstić information content (AvgIpc) is 2.29. The van der Waals surface area contributed by atoms with Crippen molar-refractivity contribution in [2.75, 3.05) is 6.54 Å². The lowest BCUT2D eigenvalue weighted by Gasteiger charge is -1.89. The molecule has 0 spiro atoms. The second-order valence-electron chi connectivity index (χ2n) is 2.59. The van der Waals surface area contributed by atoms with Crippen molar-refractivity contribution in [2.45, 2.75) is 0 Å². The van der Waals surface area contributed by atoms with Crippen molar-refractivity contribution in [1.29, 1.82) is 0 Å². The lowest BCUT2D eigenvalue weighted by atomic mass is 10.3. The Hall–Kier alpha value is -1.64. The van der Waals surface area contributed by atoms with Crippen LogP contribution in [0.5, 0.6) is 0 Å². The van der Waals surface area contributed by atoms with Crippen LogP contribution in [0.3, 0.4) is 0 Å². The number of benzene rings is 1. The van der Waals surface area contributed by atoms with E-state index >= 15 is 0 Å². The van der Waals surface area contributed by atoms with Crippen molar-refractivity contribution in [2.24, 2.45) is 4.99 Å². The van der Waals surface area contributed by atoms with Gasteiger partial charge in [0, 0.05) is 11.4 Å². The molecule has 0 unspecified atom stereocenters. The van der Waals surface area contributed by atoms with Gasteiger partial charge in [0.2, 0.25) is 5.91 Å². The van der Waals surface area contributed by atoms with Crippen molar-refractivity contribution in [3.8, 4) is 0 Å². The summed E-state index contributed by atoms with van der Waals surface area (Å²) < 4.78 is 0. The van der Waals surface area contributed by atoms with E-state index in [4.69, 9.17) is 0 Å². The van der Waals surface area contributed by atoms with Gasteiger partial charge < -0.3 is 5.32 Å². The van der Waals surface area contributed by atoms with E-state index in [1.165, 1.54) is 0 Å². The number of nitrogens with zero attached hydrogens (tertiary/aromatic N) is 1. The summed E-state index contributed by atoms with van der Waals surface area (Å²) in [6.07, 6.45) is 1.69. The highest BCUT2D eigenvalue weighted by Gasteiger charge is 1.98. The van der Waals surface area contributed by atoms with Gasteiger partial charge in [0.25, 0.3) is 0 Å². The van der Waals surface area contributed by atoms with E-state index in [9.17, 15) is 4.79 Å². The van der Waals surface area contributed by atoms with Gasteiger partial charge in [-0.15, -0.1) is 0 Å². The van der Waals surface area contributed by atoms with Crippen LogP contribution in [0.15, 0.2) is 29.3 Å². The summed E-state index contributed by atoms with van der Waals surface area (Å²) in [5.74, 6) is -0.0637. The lowest BCUT2D eigenvalue weighted by Crippen LogP contribution is -2.25. The normalized spacial score (nSPS) is 14.8. The van der Waals surface area contributed by atoms with E-state index in [1.807, 2.05) is 24.3 Å². The number of nitrogens with one attached hydrogen (secondary N) is 1. The molecule has 0 radical (unpaired) electrons. The molecule has 0 aromatic heterocycles. The first-order valence-corrected chi connectivity index (χ1v) is 3.75. The third-order valence-electron chi connectivity index (χ3n) is 1.72. The number of carbonyl (C=O) groups is 1. The third-order valence-corrected chi connectivity index (χ3v) is 1.72. The minimum absolute atomic E-state index is 0.0637. The fourth-order valence-corrected chi connectivity index (χ4v) is 1.11. The van der Waals surface area contributed by atoms with Crippen LogP contribution in [-0.4, -0.2) is 12.5 Å². The molecule has 1 aromatic rings. The maximum absolute atomic E-state index is 10.9. The van der Waals surface area contributed by atoms with Crippen molar-refractivity contribution < 1.29 is 4.79 Å². The Balaban J connectivity index is 2.69. The third kappa shape index (κ3) is 1.21. The lowest BCUT2D eigenvalue weighted by molar-refractivity contribution is -0.118. The molecule has 1 N–H and O–H groups in total. The summed E-state index contributed by atoms with van der Waals surface area (Å²) in [6, 6.07) is 7.64. The molecule has 1 aliphatic heterocycles. The molecule has 2 rings (SSSR count). The molecule has 0 bridgehead atoms. The second kappa shape index (κ2) is 2.77. The largest absolute Gasteiger partial charge is 0.330 e. The molecule has 60 valence electrons. The fraction of sp³-hybridized carbons (Fsp3) is 0.111.